The predicted molar refractivity (Wildman–Crippen MR) is 51.1 cm³/mol. The quantitative estimate of drug-likeness (QED) is 0.446. The Morgan fingerprint density at radius 3 is 2.00 bits per heavy atom. The Labute approximate surface area is 70.0 Å². The Bertz CT molecular complexity index is 128. The Balaban J connectivity index is 0. The van der Waals surface area contributed by atoms with Crippen LogP contribution in [0.5, 0.6) is 0 Å². The maximum absolute atomic E-state index is 4.90. The lowest BCUT2D eigenvalue weighted by molar-refractivity contribution is 0.402. The molecule has 0 heterocycles. The third-order valence-corrected chi connectivity index (χ3v) is 0.860. The molecule has 0 aliphatic heterocycles. The molecule has 0 saturated heterocycles. The van der Waals surface area contributed by atoms with Gasteiger partial charge < -0.3 is 4.74 Å². The van der Waals surface area contributed by atoms with Gasteiger partial charge in [-0.1, -0.05) is 20.4 Å². The van der Waals surface area contributed by atoms with E-state index in [1.54, 1.807) is 7.11 Å². The van der Waals surface area contributed by atoms with E-state index in [2.05, 4.69) is 11.6 Å². The van der Waals surface area contributed by atoms with Gasteiger partial charge in [-0.15, -0.1) is 0 Å². The summed E-state index contributed by atoms with van der Waals surface area (Å²) in [5.74, 6) is 0.650. The fraction of sp³-hybridized carbons (Fsp3) is 0.667. The van der Waals surface area contributed by atoms with Crippen LogP contribution in [0.4, 0.5) is 0 Å². The Morgan fingerprint density at radius 1 is 1.45 bits per heavy atom. The number of rotatable bonds is 2. The molecule has 0 aromatic heterocycles. The molecule has 0 aliphatic carbocycles. The Kier molecular flexibility index (Phi) is 10.8. The number of methoxy groups -OCH3 is 1. The van der Waals surface area contributed by atoms with Gasteiger partial charge in [0.2, 0.25) is 5.90 Å². The summed E-state index contributed by atoms with van der Waals surface area (Å²) in [4.78, 5) is 4.04. The third-order valence-electron chi connectivity index (χ3n) is 0.860. The van der Waals surface area contributed by atoms with E-state index in [9.17, 15) is 0 Å². The molecule has 66 valence electrons. The third kappa shape index (κ3) is 7.10. The molecule has 0 radical (unpaired) electrons. The molecular formula is C9H19NO. The van der Waals surface area contributed by atoms with Crippen LogP contribution in [0.25, 0.3) is 0 Å². The zero-order valence-corrected chi connectivity index (χ0v) is 8.27. The SMILES string of the molecule is C=C(C)C(=NCC)OC.CC. The summed E-state index contributed by atoms with van der Waals surface area (Å²) in [6.07, 6.45) is 0. The van der Waals surface area contributed by atoms with Crippen LogP contribution in [-0.4, -0.2) is 19.6 Å². The number of aliphatic imine (C=N–C) groups is 1. The highest BCUT2D eigenvalue weighted by Gasteiger charge is 1.94. The van der Waals surface area contributed by atoms with Crippen molar-refractivity contribution < 1.29 is 4.74 Å². The number of hydrogen-bond acceptors (Lipinski definition) is 2. The maximum Gasteiger partial charge on any atom is 0.210 e. The topological polar surface area (TPSA) is 21.6 Å². The fourth-order valence-electron chi connectivity index (χ4n) is 0.517. The maximum atomic E-state index is 4.90. The van der Waals surface area contributed by atoms with E-state index in [1.807, 2.05) is 27.7 Å². The minimum Gasteiger partial charge on any atom is -0.481 e. The average molecular weight is 157 g/mol. The van der Waals surface area contributed by atoms with Gasteiger partial charge in [0.15, 0.2) is 0 Å². The lowest BCUT2D eigenvalue weighted by Gasteiger charge is -2.00. The normalized spacial score (nSPS) is 9.73. The number of nitrogens with zero attached hydrogens (tertiary/aromatic N) is 1. The van der Waals surface area contributed by atoms with Crippen molar-refractivity contribution in [3.63, 3.8) is 0 Å². The smallest absolute Gasteiger partial charge is 0.210 e. The molecule has 0 aromatic rings. The molecule has 0 fully saturated rings. The monoisotopic (exact) mass is 157 g/mol. The van der Waals surface area contributed by atoms with Crippen molar-refractivity contribution in [1.82, 2.24) is 0 Å². The standard InChI is InChI=1S/C7H13NO.C2H6/c1-5-8-7(9-4)6(2)3;1-2/h2,5H2,1,3-4H3;1-2H3. The lowest BCUT2D eigenvalue weighted by Crippen LogP contribution is -2.01. The van der Waals surface area contributed by atoms with Crippen molar-refractivity contribution in [2.75, 3.05) is 13.7 Å². The summed E-state index contributed by atoms with van der Waals surface area (Å²) in [6.45, 7) is 12.3. The van der Waals surface area contributed by atoms with Crippen LogP contribution >= 0.6 is 0 Å². The van der Waals surface area contributed by atoms with Crippen LogP contribution in [0.3, 0.4) is 0 Å². The first-order valence-corrected chi connectivity index (χ1v) is 3.96. The zero-order valence-electron chi connectivity index (χ0n) is 8.27. The van der Waals surface area contributed by atoms with E-state index >= 15 is 0 Å². The van der Waals surface area contributed by atoms with Gasteiger partial charge in [0.1, 0.15) is 0 Å². The van der Waals surface area contributed by atoms with Crippen LogP contribution in [0, 0.1) is 0 Å². The second-order valence-corrected chi connectivity index (χ2v) is 1.76. The van der Waals surface area contributed by atoms with Crippen LogP contribution in [0.15, 0.2) is 17.1 Å². The Morgan fingerprint density at radius 2 is 1.91 bits per heavy atom. The summed E-state index contributed by atoms with van der Waals surface area (Å²) in [5, 5.41) is 0. The summed E-state index contributed by atoms with van der Waals surface area (Å²) < 4.78 is 4.90. The van der Waals surface area contributed by atoms with Crippen molar-refractivity contribution in [1.29, 1.82) is 0 Å². The van der Waals surface area contributed by atoms with E-state index in [4.69, 9.17) is 4.74 Å². The summed E-state index contributed by atoms with van der Waals surface area (Å²) in [6, 6.07) is 0. The van der Waals surface area contributed by atoms with Crippen LogP contribution in [0.1, 0.15) is 27.7 Å². The fourth-order valence-corrected chi connectivity index (χ4v) is 0.517. The van der Waals surface area contributed by atoms with Crippen molar-refractivity contribution >= 4 is 5.90 Å². The first-order chi connectivity index (χ1) is 5.22. The molecule has 0 amide bonds. The molecule has 2 nitrogen and oxygen atoms in total. The number of ether oxygens (including phenoxy) is 1. The highest BCUT2D eigenvalue weighted by molar-refractivity contribution is 5.92. The Hall–Kier alpha value is -0.790. The molecule has 0 aliphatic rings. The molecule has 0 saturated carbocycles. The second-order valence-electron chi connectivity index (χ2n) is 1.76. The molecule has 0 atom stereocenters. The molecule has 0 unspecified atom stereocenters. The highest BCUT2D eigenvalue weighted by Crippen LogP contribution is 1.93. The molecular weight excluding hydrogens is 138 g/mol. The van der Waals surface area contributed by atoms with E-state index in [-0.39, 0.29) is 0 Å². The van der Waals surface area contributed by atoms with Gasteiger partial charge in [0.25, 0.3) is 0 Å². The molecule has 0 spiro atoms. The van der Waals surface area contributed by atoms with E-state index in [1.165, 1.54) is 0 Å². The number of hydrogen-bond donors (Lipinski definition) is 0. The molecule has 0 rings (SSSR count). The second kappa shape index (κ2) is 9.21. The largest absolute Gasteiger partial charge is 0.481 e. The predicted octanol–water partition coefficient (Wildman–Crippen LogP) is 2.65. The molecule has 0 N–H and O–H groups in total. The van der Waals surface area contributed by atoms with Crippen LogP contribution in [-0.2, 0) is 4.74 Å². The average Bonchev–Trinajstić information content (AvgIpc) is 2.03. The van der Waals surface area contributed by atoms with Crippen molar-refractivity contribution in [2.24, 2.45) is 4.99 Å². The highest BCUT2D eigenvalue weighted by atomic mass is 16.5. The van der Waals surface area contributed by atoms with Crippen molar-refractivity contribution in [3.8, 4) is 0 Å². The van der Waals surface area contributed by atoms with E-state index < -0.39 is 0 Å². The first-order valence-electron chi connectivity index (χ1n) is 3.96. The van der Waals surface area contributed by atoms with Gasteiger partial charge in [-0.2, -0.15) is 0 Å². The summed E-state index contributed by atoms with van der Waals surface area (Å²) in [7, 11) is 1.60. The van der Waals surface area contributed by atoms with Gasteiger partial charge >= 0.3 is 0 Å². The van der Waals surface area contributed by atoms with Gasteiger partial charge in [-0.3, -0.25) is 4.99 Å². The van der Waals surface area contributed by atoms with E-state index in [0.717, 1.165) is 12.1 Å². The van der Waals surface area contributed by atoms with Crippen LogP contribution < -0.4 is 0 Å². The minimum atomic E-state index is 0.650. The van der Waals surface area contributed by atoms with Gasteiger partial charge in [0, 0.05) is 12.1 Å². The first kappa shape index (κ1) is 12.8. The van der Waals surface area contributed by atoms with Crippen molar-refractivity contribution in [3.05, 3.63) is 12.2 Å². The molecule has 0 aromatic carbocycles. The lowest BCUT2D eigenvalue weighted by atomic mass is 10.3. The van der Waals surface area contributed by atoms with Crippen molar-refractivity contribution in [2.45, 2.75) is 27.7 Å². The van der Waals surface area contributed by atoms with Gasteiger partial charge in [0.05, 0.1) is 7.11 Å². The summed E-state index contributed by atoms with van der Waals surface area (Å²) in [5.41, 5.74) is 0.874. The molecule has 11 heavy (non-hydrogen) atoms. The van der Waals surface area contributed by atoms with Gasteiger partial charge in [-0.05, 0) is 13.8 Å². The molecule has 0 bridgehead atoms. The van der Waals surface area contributed by atoms with Gasteiger partial charge in [-0.25, -0.2) is 0 Å². The van der Waals surface area contributed by atoms with E-state index in [0.29, 0.717) is 5.90 Å². The van der Waals surface area contributed by atoms with Crippen LogP contribution in [0.2, 0.25) is 0 Å². The minimum absolute atomic E-state index is 0.650. The summed E-state index contributed by atoms with van der Waals surface area (Å²) >= 11 is 0. The zero-order chi connectivity index (χ0) is 9.28. The molecule has 2 heteroatoms.